The third-order valence-electron chi connectivity index (χ3n) is 2.74. The van der Waals surface area contributed by atoms with Gasteiger partial charge in [0.15, 0.2) is 11.6 Å². The minimum Gasteiger partial charge on any atom is -0.462 e. The summed E-state index contributed by atoms with van der Waals surface area (Å²) in [6.45, 7) is 1.88. The molecular weight excluding hydrogens is 290 g/mol. The molecule has 9 heteroatoms. The van der Waals surface area contributed by atoms with Gasteiger partial charge in [-0.05, 0) is 6.92 Å². The van der Waals surface area contributed by atoms with Crippen molar-refractivity contribution in [3.05, 3.63) is 46.1 Å². The number of non-ortho nitro benzene ring substituents is 1. The lowest BCUT2D eigenvalue weighted by Gasteiger charge is -2.08. The van der Waals surface area contributed by atoms with E-state index in [1.54, 1.807) is 13.0 Å². The van der Waals surface area contributed by atoms with Gasteiger partial charge in [-0.2, -0.15) is 0 Å². The summed E-state index contributed by atoms with van der Waals surface area (Å²) < 4.78 is 4.86. The summed E-state index contributed by atoms with van der Waals surface area (Å²) in [4.78, 5) is 30.1. The van der Waals surface area contributed by atoms with E-state index in [0.717, 1.165) is 0 Å². The molecule has 9 nitrogen and oxygen atoms in total. The molecule has 0 saturated carbocycles. The first-order valence-electron chi connectivity index (χ1n) is 6.32. The van der Waals surface area contributed by atoms with E-state index in [1.807, 2.05) is 0 Å². The Morgan fingerprint density at radius 3 is 2.91 bits per heavy atom. The number of carbonyl (C=O) groups excluding carboxylic acids is 1. The van der Waals surface area contributed by atoms with Crippen molar-refractivity contribution in [2.45, 2.75) is 6.92 Å². The number of rotatable bonds is 5. The molecule has 3 N–H and O–H groups in total. The summed E-state index contributed by atoms with van der Waals surface area (Å²) >= 11 is 0. The van der Waals surface area contributed by atoms with Gasteiger partial charge in [-0.1, -0.05) is 12.1 Å². The van der Waals surface area contributed by atoms with E-state index in [-0.39, 0.29) is 29.5 Å². The second-order valence-corrected chi connectivity index (χ2v) is 4.13. The molecule has 1 aromatic carbocycles. The number of aromatic nitrogens is 2. The molecule has 0 amide bonds. The quantitative estimate of drug-likeness (QED) is 0.367. The van der Waals surface area contributed by atoms with E-state index in [4.69, 9.17) is 10.6 Å². The lowest BCUT2D eigenvalue weighted by Crippen LogP contribution is -2.16. The highest BCUT2D eigenvalue weighted by atomic mass is 16.6. The van der Waals surface area contributed by atoms with Crippen LogP contribution in [0.15, 0.2) is 30.5 Å². The molecule has 0 unspecified atom stereocenters. The van der Waals surface area contributed by atoms with Crippen molar-refractivity contribution in [1.29, 1.82) is 0 Å². The summed E-state index contributed by atoms with van der Waals surface area (Å²) in [7, 11) is 0. The molecular formula is C13H13N5O4. The van der Waals surface area contributed by atoms with Gasteiger partial charge in [0, 0.05) is 23.9 Å². The summed E-state index contributed by atoms with van der Waals surface area (Å²) in [5.74, 6) is 5.02. The van der Waals surface area contributed by atoms with Crippen LogP contribution in [-0.2, 0) is 4.74 Å². The second kappa shape index (κ2) is 6.59. The molecule has 0 radical (unpaired) electrons. The number of anilines is 1. The molecule has 2 aromatic rings. The van der Waals surface area contributed by atoms with Gasteiger partial charge < -0.3 is 10.2 Å². The first-order chi connectivity index (χ1) is 10.6. The van der Waals surface area contributed by atoms with E-state index >= 15 is 0 Å². The summed E-state index contributed by atoms with van der Waals surface area (Å²) in [6, 6.07) is 5.83. The van der Waals surface area contributed by atoms with E-state index in [9.17, 15) is 14.9 Å². The van der Waals surface area contributed by atoms with Crippen LogP contribution in [0.5, 0.6) is 0 Å². The van der Waals surface area contributed by atoms with Crippen molar-refractivity contribution in [3.8, 4) is 11.4 Å². The minimum atomic E-state index is -0.610. The first kappa shape index (κ1) is 15.3. The molecule has 2 rings (SSSR count). The highest BCUT2D eigenvalue weighted by Crippen LogP contribution is 2.23. The Balaban J connectivity index is 2.43. The predicted molar refractivity (Wildman–Crippen MR) is 77.9 cm³/mol. The molecule has 1 heterocycles. The fourth-order valence-corrected chi connectivity index (χ4v) is 1.75. The molecule has 0 aliphatic rings. The lowest BCUT2D eigenvalue weighted by molar-refractivity contribution is -0.384. The molecule has 1 aromatic heterocycles. The van der Waals surface area contributed by atoms with Crippen molar-refractivity contribution in [1.82, 2.24) is 9.97 Å². The van der Waals surface area contributed by atoms with Crippen LogP contribution in [-0.4, -0.2) is 27.5 Å². The third kappa shape index (κ3) is 3.15. The van der Waals surface area contributed by atoms with Crippen LogP contribution in [0.2, 0.25) is 0 Å². The van der Waals surface area contributed by atoms with Crippen molar-refractivity contribution in [3.63, 3.8) is 0 Å². The zero-order valence-electron chi connectivity index (χ0n) is 11.6. The standard InChI is InChI=1S/C13H13N5O4/c1-2-22-13(19)10-7-15-11(16-12(10)17-14)8-4-3-5-9(6-8)18(20)21/h3-7H,2,14H2,1H3,(H,15,16,17). The van der Waals surface area contributed by atoms with Crippen LogP contribution in [0.1, 0.15) is 17.3 Å². The van der Waals surface area contributed by atoms with Gasteiger partial charge in [-0.3, -0.25) is 10.1 Å². The number of nitro benzene ring substituents is 1. The van der Waals surface area contributed by atoms with Gasteiger partial charge in [-0.15, -0.1) is 0 Å². The van der Waals surface area contributed by atoms with Gasteiger partial charge >= 0.3 is 5.97 Å². The Labute approximate surface area is 125 Å². The number of esters is 1. The first-order valence-corrected chi connectivity index (χ1v) is 6.32. The molecule has 22 heavy (non-hydrogen) atoms. The van der Waals surface area contributed by atoms with Crippen LogP contribution in [0.25, 0.3) is 11.4 Å². The second-order valence-electron chi connectivity index (χ2n) is 4.13. The van der Waals surface area contributed by atoms with E-state index in [2.05, 4.69) is 15.4 Å². The van der Waals surface area contributed by atoms with E-state index in [1.165, 1.54) is 24.4 Å². The number of nitrogen functional groups attached to an aromatic ring is 1. The van der Waals surface area contributed by atoms with Crippen molar-refractivity contribution in [2.75, 3.05) is 12.0 Å². The fraction of sp³-hybridized carbons (Fsp3) is 0.154. The van der Waals surface area contributed by atoms with Gasteiger partial charge in [0.2, 0.25) is 0 Å². The molecule has 0 bridgehead atoms. The summed E-state index contributed by atoms with van der Waals surface area (Å²) in [5.41, 5.74) is 2.72. The van der Waals surface area contributed by atoms with Crippen LogP contribution >= 0.6 is 0 Å². The maximum atomic E-state index is 11.7. The van der Waals surface area contributed by atoms with Crippen molar-refractivity contribution >= 4 is 17.5 Å². The zero-order valence-corrected chi connectivity index (χ0v) is 11.6. The number of carbonyl (C=O) groups is 1. The third-order valence-corrected chi connectivity index (χ3v) is 2.74. The Morgan fingerprint density at radius 1 is 1.50 bits per heavy atom. The monoisotopic (exact) mass is 303 g/mol. The predicted octanol–water partition coefficient (Wildman–Crippen LogP) is 1.51. The van der Waals surface area contributed by atoms with Crippen molar-refractivity contribution in [2.24, 2.45) is 5.84 Å². The smallest absolute Gasteiger partial charge is 0.343 e. The van der Waals surface area contributed by atoms with E-state index in [0.29, 0.717) is 5.56 Å². The molecule has 0 aliphatic carbocycles. The highest BCUT2D eigenvalue weighted by molar-refractivity contribution is 5.94. The number of ether oxygens (including phenoxy) is 1. The van der Waals surface area contributed by atoms with Crippen molar-refractivity contribution < 1.29 is 14.5 Å². The molecule has 0 saturated heterocycles. The number of hydrogen-bond acceptors (Lipinski definition) is 8. The topological polar surface area (TPSA) is 133 Å². The average molecular weight is 303 g/mol. The number of nitrogens with one attached hydrogen (secondary N) is 1. The summed E-state index contributed by atoms with van der Waals surface area (Å²) in [6.07, 6.45) is 1.26. The number of nitrogens with zero attached hydrogens (tertiary/aromatic N) is 3. The Kier molecular flexibility index (Phi) is 4.59. The van der Waals surface area contributed by atoms with Crippen LogP contribution in [0.3, 0.4) is 0 Å². The van der Waals surface area contributed by atoms with Gasteiger partial charge in [0.1, 0.15) is 5.56 Å². The molecule has 0 atom stereocenters. The average Bonchev–Trinajstić information content (AvgIpc) is 2.54. The fourth-order valence-electron chi connectivity index (χ4n) is 1.75. The van der Waals surface area contributed by atoms with Crippen LogP contribution < -0.4 is 11.3 Å². The Morgan fingerprint density at radius 2 is 2.27 bits per heavy atom. The maximum Gasteiger partial charge on any atom is 0.343 e. The van der Waals surface area contributed by atoms with Crippen LogP contribution in [0.4, 0.5) is 11.5 Å². The summed E-state index contributed by atoms with van der Waals surface area (Å²) in [5, 5.41) is 10.8. The Hall–Kier alpha value is -3.07. The highest BCUT2D eigenvalue weighted by Gasteiger charge is 2.16. The number of benzene rings is 1. The SMILES string of the molecule is CCOC(=O)c1cnc(-c2cccc([N+](=O)[O-])c2)nc1NN. The number of nitrogens with two attached hydrogens (primary N) is 1. The zero-order chi connectivity index (χ0) is 16.1. The molecule has 0 aliphatic heterocycles. The van der Waals surface area contributed by atoms with E-state index < -0.39 is 10.9 Å². The molecule has 0 spiro atoms. The number of nitro groups is 1. The molecule has 0 fully saturated rings. The molecule has 114 valence electrons. The van der Waals surface area contributed by atoms with Gasteiger partial charge in [0.25, 0.3) is 5.69 Å². The normalized spacial score (nSPS) is 10.1. The number of hydrogen-bond donors (Lipinski definition) is 2. The van der Waals surface area contributed by atoms with Gasteiger partial charge in [-0.25, -0.2) is 20.6 Å². The number of hydrazine groups is 1. The lowest BCUT2D eigenvalue weighted by atomic mass is 10.2. The van der Waals surface area contributed by atoms with Crippen LogP contribution in [0, 0.1) is 10.1 Å². The minimum absolute atomic E-state index is 0.0787. The maximum absolute atomic E-state index is 11.7. The largest absolute Gasteiger partial charge is 0.462 e. The van der Waals surface area contributed by atoms with Gasteiger partial charge in [0.05, 0.1) is 11.5 Å². The Bertz CT molecular complexity index is 719.